The third-order valence-corrected chi connectivity index (χ3v) is 5.52. The fraction of sp³-hybridized carbons (Fsp3) is 0.0909. The summed E-state index contributed by atoms with van der Waals surface area (Å²) in [6.07, 6.45) is 5.77. The van der Waals surface area contributed by atoms with E-state index in [2.05, 4.69) is 20.4 Å². The van der Waals surface area contributed by atoms with Crippen molar-refractivity contribution in [2.75, 3.05) is 6.54 Å². The molecule has 0 saturated heterocycles. The lowest BCUT2D eigenvalue weighted by Gasteiger charge is -2.05. The number of hydrogen-bond donors (Lipinski definition) is 1. The molecule has 7 nitrogen and oxygen atoms in total. The van der Waals surface area contributed by atoms with Crippen molar-refractivity contribution in [1.29, 1.82) is 0 Å². The fourth-order valence-corrected chi connectivity index (χ4v) is 3.79. The minimum atomic E-state index is -0.155. The predicted octanol–water partition coefficient (Wildman–Crippen LogP) is 4.58. The molecule has 0 radical (unpaired) electrons. The predicted molar refractivity (Wildman–Crippen MR) is 113 cm³/mol. The maximum Gasteiger partial charge on any atom is 0.251 e. The highest BCUT2D eigenvalue weighted by Crippen LogP contribution is 2.31. The quantitative estimate of drug-likeness (QED) is 0.435. The van der Waals surface area contributed by atoms with Crippen molar-refractivity contribution in [1.82, 2.24) is 20.4 Å². The number of fused-ring (bicyclic) bond motifs is 1. The third-order valence-electron chi connectivity index (χ3n) is 4.66. The van der Waals surface area contributed by atoms with Crippen molar-refractivity contribution in [2.24, 2.45) is 0 Å². The Kier molecular flexibility index (Phi) is 4.82. The molecule has 0 spiro atoms. The van der Waals surface area contributed by atoms with E-state index in [4.69, 9.17) is 8.94 Å². The molecule has 4 aromatic heterocycles. The Morgan fingerprint density at radius 2 is 2.03 bits per heavy atom. The Labute approximate surface area is 175 Å². The molecule has 0 bridgehead atoms. The number of pyridine rings is 1. The van der Waals surface area contributed by atoms with Crippen molar-refractivity contribution >= 4 is 28.2 Å². The second-order valence-electron chi connectivity index (χ2n) is 6.62. The van der Waals surface area contributed by atoms with E-state index in [1.54, 1.807) is 48.2 Å². The van der Waals surface area contributed by atoms with Crippen molar-refractivity contribution in [3.8, 4) is 22.2 Å². The molecule has 1 amide bonds. The minimum Gasteiger partial charge on any atom is -0.443 e. The highest BCUT2D eigenvalue weighted by molar-refractivity contribution is 7.13. The van der Waals surface area contributed by atoms with Crippen LogP contribution in [0.1, 0.15) is 15.9 Å². The van der Waals surface area contributed by atoms with Crippen molar-refractivity contribution in [3.05, 3.63) is 77.6 Å². The second kappa shape index (κ2) is 7.92. The van der Waals surface area contributed by atoms with Gasteiger partial charge in [0.25, 0.3) is 5.91 Å². The molecule has 4 heterocycles. The van der Waals surface area contributed by atoms with Crippen molar-refractivity contribution in [2.45, 2.75) is 6.42 Å². The van der Waals surface area contributed by atoms with Crippen LogP contribution in [0.5, 0.6) is 0 Å². The van der Waals surface area contributed by atoms with Gasteiger partial charge in [-0.05, 0) is 53.8 Å². The van der Waals surface area contributed by atoms with Crippen LogP contribution in [0.4, 0.5) is 0 Å². The number of nitrogens with zero attached hydrogens (tertiary/aromatic N) is 3. The Morgan fingerprint density at radius 3 is 2.87 bits per heavy atom. The number of thiophene rings is 1. The number of benzene rings is 1. The summed E-state index contributed by atoms with van der Waals surface area (Å²) in [5.41, 5.74) is 3.34. The average molecular weight is 416 g/mol. The van der Waals surface area contributed by atoms with Crippen molar-refractivity contribution < 1.29 is 13.7 Å². The van der Waals surface area contributed by atoms with E-state index in [-0.39, 0.29) is 5.91 Å². The Morgan fingerprint density at radius 1 is 1.13 bits per heavy atom. The van der Waals surface area contributed by atoms with Gasteiger partial charge in [-0.3, -0.25) is 9.78 Å². The molecular formula is C22H16N4O3S. The van der Waals surface area contributed by atoms with Gasteiger partial charge in [0.2, 0.25) is 5.89 Å². The first-order valence-corrected chi connectivity index (χ1v) is 10.2. The number of aromatic nitrogens is 3. The maximum atomic E-state index is 12.6. The smallest absolute Gasteiger partial charge is 0.251 e. The zero-order chi connectivity index (χ0) is 20.3. The molecule has 0 aliphatic rings. The van der Waals surface area contributed by atoms with Crippen LogP contribution >= 0.6 is 11.3 Å². The number of amides is 1. The number of oxazole rings is 1. The molecule has 30 heavy (non-hydrogen) atoms. The van der Waals surface area contributed by atoms with Crippen LogP contribution in [0.3, 0.4) is 0 Å². The first-order valence-electron chi connectivity index (χ1n) is 9.34. The third kappa shape index (κ3) is 3.60. The maximum absolute atomic E-state index is 12.6. The standard InChI is InChI=1S/C22H16N4O3S/c27-21(24-10-7-14-5-8-23-9-6-14)15-3-4-18-16(12-15)20(26-29-18)17-13-28-22(25-17)19-2-1-11-30-19/h1-6,8-9,11-13H,7,10H2,(H,24,27). The van der Waals surface area contributed by atoms with Gasteiger partial charge in [0, 0.05) is 24.5 Å². The zero-order valence-electron chi connectivity index (χ0n) is 15.7. The topological polar surface area (TPSA) is 94.1 Å². The molecule has 0 unspecified atom stereocenters. The molecule has 0 saturated carbocycles. The first kappa shape index (κ1) is 18.3. The average Bonchev–Trinajstić information content (AvgIpc) is 3.53. The Balaban J connectivity index is 1.36. The monoisotopic (exact) mass is 416 g/mol. The van der Waals surface area contributed by atoms with Gasteiger partial charge in [0.05, 0.1) is 10.3 Å². The van der Waals surface area contributed by atoms with E-state index in [1.165, 1.54) is 0 Å². The molecule has 0 atom stereocenters. The molecule has 1 aromatic carbocycles. The van der Waals surface area contributed by atoms with Gasteiger partial charge in [-0.2, -0.15) is 0 Å². The zero-order valence-corrected chi connectivity index (χ0v) is 16.6. The molecule has 0 aliphatic carbocycles. The molecule has 0 fully saturated rings. The fourth-order valence-electron chi connectivity index (χ4n) is 3.13. The molecule has 1 N–H and O–H groups in total. The van der Waals surface area contributed by atoms with Gasteiger partial charge in [-0.15, -0.1) is 11.3 Å². The number of nitrogens with one attached hydrogen (secondary N) is 1. The highest BCUT2D eigenvalue weighted by Gasteiger charge is 2.17. The molecule has 0 aliphatic heterocycles. The highest BCUT2D eigenvalue weighted by atomic mass is 32.1. The van der Waals surface area contributed by atoms with Gasteiger partial charge in [-0.1, -0.05) is 11.2 Å². The van der Waals surface area contributed by atoms with Gasteiger partial charge >= 0.3 is 0 Å². The van der Waals surface area contributed by atoms with Crippen molar-refractivity contribution in [3.63, 3.8) is 0 Å². The van der Waals surface area contributed by atoms with E-state index in [9.17, 15) is 4.79 Å². The van der Waals surface area contributed by atoms with Crippen LogP contribution in [0.2, 0.25) is 0 Å². The summed E-state index contributed by atoms with van der Waals surface area (Å²) in [5, 5.41) is 9.75. The molecule has 5 rings (SSSR count). The lowest BCUT2D eigenvalue weighted by molar-refractivity contribution is 0.0954. The number of carbonyl (C=O) groups excluding carboxylic acids is 1. The summed E-state index contributed by atoms with van der Waals surface area (Å²) in [7, 11) is 0. The Bertz CT molecular complexity index is 1290. The van der Waals surface area contributed by atoms with E-state index in [1.807, 2.05) is 29.6 Å². The summed E-state index contributed by atoms with van der Waals surface area (Å²) in [4.78, 5) is 22.0. The van der Waals surface area contributed by atoms with Gasteiger partial charge in [0.1, 0.15) is 17.7 Å². The lowest BCUT2D eigenvalue weighted by Crippen LogP contribution is -2.25. The van der Waals surface area contributed by atoms with Gasteiger partial charge in [0.15, 0.2) is 5.58 Å². The minimum absolute atomic E-state index is 0.155. The second-order valence-corrected chi connectivity index (χ2v) is 7.57. The largest absolute Gasteiger partial charge is 0.443 e. The van der Waals surface area contributed by atoms with Crippen LogP contribution in [0.15, 0.2) is 75.4 Å². The van der Waals surface area contributed by atoms with E-state index >= 15 is 0 Å². The number of rotatable bonds is 6. The summed E-state index contributed by atoms with van der Waals surface area (Å²) < 4.78 is 11.0. The summed E-state index contributed by atoms with van der Waals surface area (Å²) in [6.45, 7) is 0.533. The van der Waals surface area contributed by atoms with Crippen LogP contribution in [0.25, 0.3) is 33.1 Å². The summed E-state index contributed by atoms with van der Waals surface area (Å²) >= 11 is 1.55. The van der Waals surface area contributed by atoms with Crippen LogP contribution < -0.4 is 5.32 Å². The van der Waals surface area contributed by atoms with E-state index in [0.717, 1.165) is 16.9 Å². The van der Waals surface area contributed by atoms with Crippen LogP contribution in [-0.2, 0) is 6.42 Å². The van der Waals surface area contributed by atoms with Crippen LogP contribution in [-0.4, -0.2) is 27.6 Å². The number of carbonyl (C=O) groups is 1. The molecule has 8 heteroatoms. The molecule has 5 aromatic rings. The van der Waals surface area contributed by atoms with Crippen LogP contribution in [0, 0.1) is 0 Å². The summed E-state index contributed by atoms with van der Waals surface area (Å²) in [6, 6.07) is 13.0. The van der Waals surface area contributed by atoms with E-state index in [0.29, 0.717) is 40.4 Å². The van der Waals surface area contributed by atoms with Gasteiger partial charge in [-0.25, -0.2) is 4.98 Å². The lowest BCUT2D eigenvalue weighted by atomic mass is 10.1. The van der Waals surface area contributed by atoms with Gasteiger partial charge < -0.3 is 14.3 Å². The molecule has 148 valence electrons. The normalized spacial score (nSPS) is 11.1. The molecular weight excluding hydrogens is 400 g/mol. The van der Waals surface area contributed by atoms with E-state index < -0.39 is 0 Å². The SMILES string of the molecule is O=C(NCCc1ccncc1)c1ccc2onc(-c3coc(-c4cccs4)n3)c2c1. The Hall–Kier alpha value is -3.78. The first-order chi connectivity index (χ1) is 14.8. The number of hydrogen-bond acceptors (Lipinski definition) is 7. The summed E-state index contributed by atoms with van der Waals surface area (Å²) in [5.74, 6) is 0.374.